The summed E-state index contributed by atoms with van der Waals surface area (Å²) in [5, 5.41) is 0.705. The van der Waals surface area contributed by atoms with E-state index in [4.69, 9.17) is 0 Å². The number of benzene rings is 2. The van der Waals surface area contributed by atoms with Crippen LogP contribution in [-0.4, -0.2) is 27.3 Å². The Morgan fingerprint density at radius 3 is 2.96 bits per heavy atom. The maximum absolute atomic E-state index is 13.3. The summed E-state index contributed by atoms with van der Waals surface area (Å²) < 4.78 is 14.6. The number of para-hydroxylation sites is 1. The van der Waals surface area contributed by atoms with Crippen LogP contribution in [-0.2, 0) is 11.3 Å². The van der Waals surface area contributed by atoms with Crippen molar-refractivity contribution >= 4 is 34.3 Å². The van der Waals surface area contributed by atoms with Crippen LogP contribution in [0.2, 0.25) is 0 Å². The molecule has 2 heterocycles. The number of carbonyl (C=O) groups is 1. The van der Waals surface area contributed by atoms with E-state index in [0.717, 1.165) is 17.0 Å². The Morgan fingerprint density at radius 1 is 1.30 bits per heavy atom. The van der Waals surface area contributed by atoms with E-state index in [1.54, 1.807) is 16.7 Å². The zero-order valence-electron chi connectivity index (χ0n) is 14.8. The molecule has 0 saturated heterocycles. The van der Waals surface area contributed by atoms with Crippen LogP contribution in [0.3, 0.4) is 0 Å². The first-order chi connectivity index (χ1) is 13.0. The first-order valence-electron chi connectivity index (χ1n) is 8.73. The van der Waals surface area contributed by atoms with E-state index in [1.165, 1.54) is 29.1 Å². The highest BCUT2D eigenvalue weighted by Gasteiger charge is 2.24. The van der Waals surface area contributed by atoms with Gasteiger partial charge in [-0.05, 0) is 30.7 Å². The minimum absolute atomic E-state index is 0.105. The molecule has 2 aromatic carbocycles. The Morgan fingerprint density at radius 2 is 2.11 bits per heavy atom. The van der Waals surface area contributed by atoms with Crippen molar-refractivity contribution in [3.05, 3.63) is 65.0 Å². The first kappa shape index (κ1) is 17.7. The highest BCUT2D eigenvalue weighted by atomic mass is 32.2. The van der Waals surface area contributed by atoms with E-state index in [-0.39, 0.29) is 23.5 Å². The molecule has 0 spiro atoms. The van der Waals surface area contributed by atoms with E-state index in [0.29, 0.717) is 17.2 Å². The lowest BCUT2D eigenvalue weighted by molar-refractivity contribution is -0.119. The largest absolute Gasteiger partial charge is 0.310 e. The molecule has 0 saturated carbocycles. The van der Waals surface area contributed by atoms with Gasteiger partial charge < -0.3 is 4.90 Å². The average Bonchev–Trinajstić information content (AvgIpc) is 2.82. The lowest BCUT2D eigenvalue weighted by atomic mass is 10.2. The monoisotopic (exact) mass is 383 g/mol. The van der Waals surface area contributed by atoms with Crippen molar-refractivity contribution in [3.8, 4) is 0 Å². The molecule has 27 heavy (non-hydrogen) atoms. The van der Waals surface area contributed by atoms with Crippen molar-refractivity contribution in [2.75, 3.05) is 11.4 Å². The number of hydrogen-bond donors (Lipinski definition) is 0. The third kappa shape index (κ3) is 3.47. The van der Waals surface area contributed by atoms with E-state index < -0.39 is 5.82 Å². The lowest BCUT2D eigenvalue weighted by Gasteiger charge is -2.23. The normalized spacial score (nSPS) is 16.8. The van der Waals surface area contributed by atoms with Gasteiger partial charge in [0.1, 0.15) is 12.4 Å². The Bertz CT molecular complexity index is 1080. The third-order valence-electron chi connectivity index (χ3n) is 4.64. The zero-order chi connectivity index (χ0) is 19.0. The van der Waals surface area contributed by atoms with Crippen LogP contribution in [0, 0.1) is 5.82 Å². The van der Waals surface area contributed by atoms with Gasteiger partial charge in [-0.25, -0.2) is 9.37 Å². The zero-order valence-corrected chi connectivity index (χ0v) is 15.6. The Hall–Kier alpha value is -2.67. The van der Waals surface area contributed by atoms with Crippen LogP contribution >= 0.6 is 11.8 Å². The fourth-order valence-electron chi connectivity index (χ4n) is 3.22. The summed E-state index contributed by atoms with van der Waals surface area (Å²) in [6.07, 6.45) is 2.18. The molecule has 5 nitrogen and oxygen atoms in total. The standard InChI is InChI=1S/C20H18FN3O2S/c1-13-8-9-24(17-4-2-3-5-18(17)27-13)19(25)11-23-12-22-16-10-14(21)6-7-15(16)20(23)26/h2-7,10,12-13H,8-9,11H2,1H3/t13-/m0/s1. The summed E-state index contributed by atoms with van der Waals surface area (Å²) in [7, 11) is 0. The van der Waals surface area contributed by atoms with Crippen molar-refractivity contribution in [2.45, 2.75) is 30.0 Å². The number of thioether (sulfide) groups is 1. The predicted molar refractivity (Wildman–Crippen MR) is 105 cm³/mol. The van der Waals surface area contributed by atoms with Crippen LogP contribution < -0.4 is 10.5 Å². The van der Waals surface area contributed by atoms with Crippen LogP contribution in [0.4, 0.5) is 10.1 Å². The summed E-state index contributed by atoms with van der Waals surface area (Å²) in [5.41, 5.74) is 0.814. The first-order valence-corrected chi connectivity index (χ1v) is 9.61. The molecule has 0 unspecified atom stereocenters. The van der Waals surface area contributed by atoms with Gasteiger partial charge in [0.15, 0.2) is 0 Å². The molecule has 0 radical (unpaired) electrons. The molecular weight excluding hydrogens is 365 g/mol. The van der Waals surface area contributed by atoms with Gasteiger partial charge in [0.2, 0.25) is 5.91 Å². The van der Waals surface area contributed by atoms with Crippen molar-refractivity contribution in [2.24, 2.45) is 0 Å². The summed E-state index contributed by atoms with van der Waals surface area (Å²) >= 11 is 1.76. The maximum atomic E-state index is 13.3. The maximum Gasteiger partial charge on any atom is 0.261 e. The van der Waals surface area contributed by atoms with Gasteiger partial charge in [0.25, 0.3) is 5.56 Å². The van der Waals surface area contributed by atoms with E-state index in [1.807, 2.05) is 24.3 Å². The van der Waals surface area contributed by atoms with Crippen LogP contribution in [0.5, 0.6) is 0 Å². The highest BCUT2D eigenvalue weighted by molar-refractivity contribution is 8.00. The number of fused-ring (bicyclic) bond motifs is 2. The number of halogens is 1. The van der Waals surface area contributed by atoms with Gasteiger partial charge in [0, 0.05) is 22.8 Å². The minimum atomic E-state index is -0.448. The highest BCUT2D eigenvalue weighted by Crippen LogP contribution is 2.37. The Balaban J connectivity index is 1.66. The molecule has 4 rings (SSSR count). The Labute approximate surface area is 159 Å². The number of hydrogen-bond acceptors (Lipinski definition) is 4. The number of rotatable bonds is 2. The Kier molecular flexibility index (Phi) is 4.70. The van der Waals surface area contributed by atoms with Gasteiger partial charge in [-0.2, -0.15) is 0 Å². The lowest BCUT2D eigenvalue weighted by Crippen LogP contribution is -2.37. The molecule has 1 amide bonds. The smallest absolute Gasteiger partial charge is 0.261 e. The molecular formula is C20H18FN3O2S. The van der Waals surface area contributed by atoms with Gasteiger partial charge in [0.05, 0.1) is 22.9 Å². The van der Waals surface area contributed by atoms with Gasteiger partial charge in [-0.15, -0.1) is 11.8 Å². The molecule has 138 valence electrons. The van der Waals surface area contributed by atoms with Crippen molar-refractivity contribution in [3.63, 3.8) is 0 Å². The van der Waals surface area contributed by atoms with Crippen molar-refractivity contribution in [1.82, 2.24) is 9.55 Å². The summed E-state index contributed by atoms with van der Waals surface area (Å²) in [4.78, 5) is 32.6. The third-order valence-corrected chi connectivity index (χ3v) is 5.87. The fourth-order valence-corrected chi connectivity index (χ4v) is 4.33. The number of nitrogens with zero attached hydrogens (tertiary/aromatic N) is 3. The average molecular weight is 383 g/mol. The molecule has 7 heteroatoms. The molecule has 1 aliphatic rings. The molecule has 0 fully saturated rings. The minimum Gasteiger partial charge on any atom is -0.310 e. The number of aromatic nitrogens is 2. The summed E-state index contributed by atoms with van der Waals surface area (Å²) in [6.45, 7) is 2.64. The molecule has 1 atom stereocenters. The molecule has 3 aromatic rings. The number of amides is 1. The second-order valence-electron chi connectivity index (χ2n) is 6.57. The number of carbonyl (C=O) groups excluding carboxylic acids is 1. The second-order valence-corrected chi connectivity index (χ2v) is 8.05. The van der Waals surface area contributed by atoms with Gasteiger partial charge >= 0.3 is 0 Å². The molecule has 0 bridgehead atoms. The molecule has 0 N–H and O–H groups in total. The van der Waals surface area contributed by atoms with Crippen LogP contribution in [0.15, 0.2) is 58.5 Å². The second kappa shape index (κ2) is 7.15. The van der Waals surface area contributed by atoms with Gasteiger partial charge in [-0.3, -0.25) is 14.2 Å². The molecule has 1 aliphatic heterocycles. The van der Waals surface area contributed by atoms with Gasteiger partial charge in [-0.1, -0.05) is 19.1 Å². The molecule has 1 aromatic heterocycles. The van der Waals surface area contributed by atoms with E-state index >= 15 is 0 Å². The summed E-state index contributed by atoms with van der Waals surface area (Å²) in [6, 6.07) is 11.7. The number of anilines is 1. The van der Waals surface area contributed by atoms with Crippen LogP contribution in [0.25, 0.3) is 10.9 Å². The predicted octanol–water partition coefficient (Wildman–Crippen LogP) is 3.45. The van der Waals surface area contributed by atoms with E-state index in [2.05, 4.69) is 11.9 Å². The summed E-state index contributed by atoms with van der Waals surface area (Å²) in [5.74, 6) is -0.612. The fraction of sp³-hybridized carbons (Fsp3) is 0.250. The quantitative estimate of drug-likeness (QED) is 0.680. The molecule has 0 aliphatic carbocycles. The van der Waals surface area contributed by atoms with Crippen molar-refractivity contribution < 1.29 is 9.18 Å². The van der Waals surface area contributed by atoms with E-state index in [9.17, 15) is 14.0 Å². The topological polar surface area (TPSA) is 55.2 Å². The van der Waals surface area contributed by atoms with Crippen molar-refractivity contribution in [1.29, 1.82) is 0 Å². The SMILES string of the molecule is C[C@H]1CCN(C(=O)Cn2cnc3cc(F)ccc3c2=O)c2ccccc2S1. The van der Waals surface area contributed by atoms with Crippen LogP contribution in [0.1, 0.15) is 13.3 Å².